The van der Waals surface area contributed by atoms with Crippen molar-refractivity contribution in [2.24, 2.45) is 0 Å². The summed E-state index contributed by atoms with van der Waals surface area (Å²) in [5.74, 6) is 0.179. The number of rotatable bonds is 4. The number of aliphatic hydroxyl groups is 1. The molecule has 1 unspecified atom stereocenters. The van der Waals surface area contributed by atoms with Gasteiger partial charge in [0, 0.05) is 19.2 Å². The van der Waals surface area contributed by atoms with E-state index in [9.17, 15) is 9.90 Å². The summed E-state index contributed by atoms with van der Waals surface area (Å²) >= 11 is 0. The summed E-state index contributed by atoms with van der Waals surface area (Å²) in [5, 5.41) is 10.2. The van der Waals surface area contributed by atoms with Crippen LogP contribution in [0.4, 0.5) is 5.69 Å². The lowest BCUT2D eigenvalue weighted by molar-refractivity contribution is -0.118. The molecule has 1 aromatic rings. The smallest absolute Gasteiger partial charge is 0.226 e. The van der Waals surface area contributed by atoms with Gasteiger partial charge < -0.3 is 10.0 Å². The quantitative estimate of drug-likeness (QED) is 0.904. The lowest BCUT2D eigenvalue weighted by atomic mass is 9.98. The monoisotopic (exact) mass is 261 g/mol. The molecule has 0 fully saturated rings. The third-order valence-electron chi connectivity index (χ3n) is 3.89. The molecule has 1 N–H and O–H groups in total. The van der Waals surface area contributed by atoms with Crippen LogP contribution in [0.2, 0.25) is 0 Å². The summed E-state index contributed by atoms with van der Waals surface area (Å²) in [6, 6.07) is 6.00. The van der Waals surface area contributed by atoms with Crippen molar-refractivity contribution >= 4 is 11.6 Å². The number of benzene rings is 1. The summed E-state index contributed by atoms with van der Waals surface area (Å²) in [5.41, 5.74) is 3.16. The van der Waals surface area contributed by atoms with Crippen LogP contribution in [-0.2, 0) is 11.2 Å². The van der Waals surface area contributed by atoms with E-state index in [1.807, 2.05) is 19.2 Å². The van der Waals surface area contributed by atoms with Gasteiger partial charge in [-0.05, 0) is 36.5 Å². The van der Waals surface area contributed by atoms with Crippen molar-refractivity contribution in [1.82, 2.24) is 0 Å². The Kier molecular flexibility index (Phi) is 4.59. The van der Waals surface area contributed by atoms with Crippen molar-refractivity contribution in [2.45, 2.75) is 51.6 Å². The first-order chi connectivity index (χ1) is 9.13. The Morgan fingerprint density at radius 1 is 1.37 bits per heavy atom. The van der Waals surface area contributed by atoms with Crippen LogP contribution in [0.15, 0.2) is 18.2 Å². The van der Waals surface area contributed by atoms with Crippen LogP contribution in [0, 0.1) is 0 Å². The first-order valence-corrected chi connectivity index (χ1v) is 7.21. The van der Waals surface area contributed by atoms with Crippen molar-refractivity contribution < 1.29 is 9.90 Å². The van der Waals surface area contributed by atoms with Crippen LogP contribution >= 0.6 is 0 Å². The lowest BCUT2D eigenvalue weighted by Gasteiger charge is -2.19. The number of hydrogen-bond donors (Lipinski definition) is 1. The molecule has 0 spiro atoms. The van der Waals surface area contributed by atoms with E-state index in [4.69, 9.17) is 0 Å². The van der Waals surface area contributed by atoms with Crippen molar-refractivity contribution in [3.05, 3.63) is 29.3 Å². The van der Waals surface area contributed by atoms with Crippen LogP contribution in [0.25, 0.3) is 0 Å². The molecular weight excluding hydrogens is 238 g/mol. The molecule has 3 heteroatoms. The van der Waals surface area contributed by atoms with E-state index < -0.39 is 0 Å². The van der Waals surface area contributed by atoms with E-state index in [0.29, 0.717) is 6.42 Å². The molecule has 1 heterocycles. The average Bonchev–Trinajstić information content (AvgIpc) is 2.56. The van der Waals surface area contributed by atoms with Crippen LogP contribution in [0.1, 0.15) is 56.3 Å². The summed E-state index contributed by atoms with van der Waals surface area (Å²) in [6.07, 6.45) is 4.98. The van der Waals surface area contributed by atoms with E-state index in [1.54, 1.807) is 4.90 Å². The Hall–Kier alpha value is -1.35. The van der Waals surface area contributed by atoms with Gasteiger partial charge in [-0.25, -0.2) is 0 Å². The van der Waals surface area contributed by atoms with Crippen LogP contribution in [-0.4, -0.2) is 18.1 Å². The number of carbonyl (C=O) groups excluding carboxylic acids is 1. The first-order valence-electron chi connectivity index (χ1n) is 7.21. The highest BCUT2D eigenvalue weighted by molar-refractivity contribution is 5.94. The third-order valence-corrected chi connectivity index (χ3v) is 3.89. The Morgan fingerprint density at radius 2 is 2.16 bits per heavy atom. The molecule has 0 radical (unpaired) electrons. The molecule has 0 aliphatic carbocycles. The van der Waals surface area contributed by atoms with E-state index >= 15 is 0 Å². The average molecular weight is 261 g/mol. The fraction of sp³-hybridized carbons (Fsp3) is 0.562. The molecule has 1 amide bonds. The van der Waals surface area contributed by atoms with Crippen molar-refractivity contribution in [1.29, 1.82) is 0 Å². The maximum absolute atomic E-state index is 11.8. The number of aliphatic hydroxyl groups excluding tert-OH is 1. The molecule has 1 aliphatic rings. The zero-order valence-electron chi connectivity index (χ0n) is 11.9. The number of aryl methyl sites for hydroxylation is 1. The molecule has 0 bridgehead atoms. The van der Waals surface area contributed by atoms with Gasteiger partial charge in [-0.15, -0.1) is 0 Å². The highest BCUT2D eigenvalue weighted by Gasteiger charge is 2.19. The third kappa shape index (κ3) is 3.16. The number of fused-ring (bicyclic) bond motifs is 1. The van der Waals surface area contributed by atoms with Crippen LogP contribution in [0.5, 0.6) is 0 Å². The molecule has 1 aromatic carbocycles. The second kappa shape index (κ2) is 6.20. The number of anilines is 1. The van der Waals surface area contributed by atoms with Gasteiger partial charge in [-0.1, -0.05) is 31.9 Å². The minimum absolute atomic E-state index is 0.179. The molecule has 3 nitrogen and oxygen atoms in total. The maximum Gasteiger partial charge on any atom is 0.226 e. The zero-order valence-corrected chi connectivity index (χ0v) is 11.9. The standard InChI is InChI=1S/C16H23NO2/c1-3-4-7-15(18)13-9-10-14-12(11-13)6-5-8-16(19)17(14)2/h9-11,15,18H,3-8H2,1-2H3. The highest BCUT2D eigenvalue weighted by Crippen LogP contribution is 2.30. The van der Waals surface area contributed by atoms with Gasteiger partial charge in [0.1, 0.15) is 0 Å². The Labute approximate surface area is 115 Å². The van der Waals surface area contributed by atoms with Gasteiger partial charge in [-0.2, -0.15) is 0 Å². The predicted octanol–water partition coefficient (Wildman–Crippen LogP) is 3.21. The molecule has 0 saturated carbocycles. The van der Waals surface area contributed by atoms with Crippen molar-refractivity contribution in [3.63, 3.8) is 0 Å². The fourth-order valence-corrected chi connectivity index (χ4v) is 2.64. The second-order valence-electron chi connectivity index (χ2n) is 5.35. The summed E-state index contributed by atoms with van der Waals surface area (Å²) < 4.78 is 0. The molecule has 1 aliphatic heterocycles. The largest absolute Gasteiger partial charge is 0.388 e. The normalized spacial score (nSPS) is 17.0. The van der Waals surface area contributed by atoms with Gasteiger partial charge in [0.15, 0.2) is 0 Å². The summed E-state index contributed by atoms with van der Waals surface area (Å²) in [7, 11) is 1.83. The highest BCUT2D eigenvalue weighted by atomic mass is 16.3. The van der Waals surface area contributed by atoms with Gasteiger partial charge in [0.25, 0.3) is 0 Å². The van der Waals surface area contributed by atoms with E-state index in [-0.39, 0.29) is 12.0 Å². The van der Waals surface area contributed by atoms with Crippen LogP contribution < -0.4 is 4.90 Å². The molecular formula is C16H23NO2. The molecule has 0 aromatic heterocycles. The number of amides is 1. The van der Waals surface area contributed by atoms with Gasteiger partial charge in [-0.3, -0.25) is 4.79 Å². The fourth-order valence-electron chi connectivity index (χ4n) is 2.64. The van der Waals surface area contributed by atoms with Crippen molar-refractivity contribution in [2.75, 3.05) is 11.9 Å². The predicted molar refractivity (Wildman–Crippen MR) is 77.3 cm³/mol. The lowest BCUT2D eigenvalue weighted by Crippen LogP contribution is -2.25. The zero-order chi connectivity index (χ0) is 13.8. The first kappa shape index (κ1) is 14.1. The van der Waals surface area contributed by atoms with E-state index in [0.717, 1.165) is 43.4 Å². The Bertz CT molecular complexity index is 456. The number of unbranched alkanes of at least 4 members (excludes halogenated alkanes) is 1. The molecule has 19 heavy (non-hydrogen) atoms. The second-order valence-corrected chi connectivity index (χ2v) is 5.35. The minimum Gasteiger partial charge on any atom is -0.388 e. The Morgan fingerprint density at radius 3 is 2.89 bits per heavy atom. The van der Waals surface area contributed by atoms with E-state index in [1.165, 1.54) is 5.56 Å². The van der Waals surface area contributed by atoms with Gasteiger partial charge in [0.05, 0.1) is 6.10 Å². The Balaban J connectivity index is 2.23. The summed E-state index contributed by atoms with van der Waals surface area (Å²) in [6.45, 7) is 2.13. The maximum atomic E-state index is 11.8. The number of carbonyl (C=O) groups is 1. The van der Waals surface area contributed by atoms with Crippen molar-refractivity contribution in [3.8, 4) is 0 Å². The topological polar surface area (TPSA) is 40.5 Å². The number of nitrogens with zero attached hydrogens (tertiary/aromatic N) is 1. The van der Waals surface area contributed by atoms with E-state index in [2.05, 4.69) is 13.0 Å². The van der Waals surface area contributed by atoms with Gasteiger partial charge >= 0.3 is 0 Å². The van der Waals surface area contributed by atoms with Crippen LogP contribution in [0.3, 0.4) is 0 Å². The van der Waals surface area contributed by atoms with Gasteiger partial charge in [0.2, 0.25) is 5.91 Å². The molecule has 104 valence electrons. The minimum atomic E-state index is -0.380. The summed E-state index contributed by atoms with van der Waals surface area (Å²) in [4.78, 5) is 13.6. The SMILES string of the molecule is CCCCC(O)c1ccc2c(c1)CCCC(=O)N2C. The molecule has 0 saturated heterocycles. The molecule has 2 rings (SSSR count). The number of hydrogen-bond acceptors (Lipinski definition) is 2. The molecule has 1 atom stereocenters.